The van der Waals surface area contributed by atoms with Crippen LogP contribution in [-0.4, -0.2) is 29.9 Å². The standard InChI is InChI=1S/C22H17F3N4O3/c1-29(2)21(32)11-3-8-15-14(9-11)16(10-26-15)28-18-17(19(30)20(18)31)27-13-6-4-12(5-7-13)22(23,24)25/h3-10,26-28H,1-2H3. The minimum Gasteiger partial charge on any atom is -0.359 e. The molecule has 1 heterocycles. The van der Waals surface area contributed by atoms with Gasteiger partial charge in [-0.1, -0.05) is 0 Å². The van der Waals surface area contributed by atoms with Crippen LogP contribution < -0.4 is 21.5 Å². The van der Waals surface area contributed by atoms with E-state index in [0.717, 1.165) is 12.1 Å². The molecule has 3 N–H and O–H groups in total. The van der Waals surface area contributed by atoms with Crippen molar-refractivity contribution in [2.45, 2.75) is 6.18 Å². The molecule has 0 aliphatic carbocycles. The zero-order valence-electron chi connectivity index (χ0n) is 16.9. The van der Waals surface area contributed by atoms with Crippen LogP contribution in [0.15, 0.2) is 58.3 Å². The van der Waals surface area contributed by atoms with Gasteiger partial charge in [0.25, 0.3) is 16.8 Å². The molecule has 4 rings (SSSR count). The van der Waals surface area contributed by atoms with Crippen molar-refractivity contribution in [3.05, 3.63) is 80.2 Å². The number of aromatic amines is 1. The zero-order chi connectivity index (χ0) is 23.2. The summed E-state index contributed by atoms with van der Waals surface area (Å²) in [5.41, 5.74) is -0.582. The number of alkyl halides is 3. The van der Waals surface area contributed by atoms with Crippen LogP contribution in [0.5, 0.6) is 0 Å². The lowest BCUT2D eigenvalue weighted by Crippen LogP contribution is -2.35. The maximum absolute atomic E-state index is 12.7. The predicted molar refractivity (Wildman–Crippen MR) is 116 cm³/mol. The van der Waals surface area contributed by atoms with Gasteiger partial charge in [-0.05, 0) is 42.5 Å². The highest BCUT2D eigenvalue weighted by Crippen LogP contribution is 2.32. The first-order valence-corrected chi connectivity index (χ1v) is 9.43. The predicted octanol–water partition coefficient (Wildman–Crippen LogP) is 3.97. The lowest BCUT2D eigenvalue weighted by atomic mass is 10.1. The molecule has 3 aromatic carbocycles. The van der Waals surface area contributed by atoms with Crippen molar-refractivity contribution in [2.24, 2.45) is 0 Å². The van der Waals surface area contributed by atoms with E-state index in [4.69, 9.17) is 0 Å². The molecular formula is C22H17F3N4O3. The van der Waals surface area contributed by atoms with Crippen LogP contribution in [0, 0.1) is 0 Å². The van der Waals surface area contributed by atoms with E-state index in [-0.39, 0.29) is 23.0 Å². The number of benzene rings is 2. The Morgan fingerprint density at radius 3 is 2.16 bits per heavy atom. The van der Waals surface area contributed by atoms with E-state index in [0.29, 0.717) is 22.2 Å². The number of nitrogens with zero attached hydrogens (tertiary/aromatic N) is 1. The highest BCUT2D eigenvalue weighted by molar-refractivity contribution is 6.02. The maximum atomic E-state index is 12.7. The molecule has 0 radical (unpaired) electrons. The van der Waals surface area contributed by atoms with Gasteiger partial charge in [-0.3, -0.25) is 14.4 Å². The molecule has 0 bridgehead atoms. The number of H-pyrrole nitrogens is 1. The number of aromatic nitrogens is 1. The van der Waals surface area contributed by atoms with Gasteiger partial charge in [-0.25, -0.2) is 0 Å². The third-order valence-electron chi connectivity index (χ3n) is 4.99. The molecule has 32 heavy (non-hydrogen) atoms. The van der Waals surface area contributed by atoms with Gasteiger partial charge in [-0.2, -0.15) is 13.2 Å². The summed E-state index contributed by atoms with van der Waals surface area (Å²) in [6, 6.07) is 9.15. The van der Waals surface area contributed by atoms with Crippen molar-refractivity contribution in [3.8, 4) is 0 Å². The molecule has 7 nitrogen and oxygen atoms in total. The van der Waals surface area contributed by atoms with Crippen molar-refractivity contribution in [3.63, 3.8) is 0 Å². The number of hydrogen-bond acceptors (Lipinski definition) is 5. The molecule has 0 aliphatic rings. The molecule has 0 spiro atoms. The SMILES string of the molecule is CN(C)C(=O)c1ccc2[nH]cc(Nc3c(Nc4ccc(C(F)(F)F)cc4)c(=O)c3=O)c2c1. The van der Waals surface area contributed by atoms with Crippen LogP contribution in [0.1, 0.15) is 15.9 Å². The Bertz CT molecular complexity index is 1400. The zero-order valence-corrected chi connectivity index (χ0v) is 16.9. The fraction of sp³-hybridized carbons (Fsp3) is 0.136. The van der Waals surface area contributed by atoms with Gasteiger partial charge in [0.05, 0.1) is 11.3 Å². The molecule has 1 aromatic heterocycles. The van der Waals surface area contributed by atoms with Crippen molar-refractivity contribution in [1.29, 1.82) is 0 Å². The number of carbonyl (C=O) groups is 1. The number of anilines is 4. The molecule has 0 aliphatic heterocycles. The molecule has 10 heteroatoms. The molecule has 0 unspecified atom stereocenters. The van der Waals surface area contributed by atoms with Gasteiger partial charge in [0.2, 0.25) is 0 Å². The van der Waals surface area contributed by atoms with Crippen molar-refractivity contribution >= 4 is 39.6 Å². The fourth-order valence-electron chi connectivity index (χ4n) is 3.27. The van der Waals surface area contributed by atoms with Crippen LogP contribution >= 0.6 is 0 Å². The monoisotopic (exact) mass is 442 g/mol. The van der Waals surface area contributed by atoms with Crippen LogP contribution in [0.4, 0.5) is 35.9 Å². The minimum atomic E-state index is -4.48. The van der Waals surface area contributed by atoms with E-state index in [1.54, 1.807) is 38.5 Å². The lowest BCUT2D eigenvalue weighted by Gasteiger charge is -2.15. The molecule has 0 fully saturated rings. The highest BCUT2D eigenvalue weighted by atomic mass is 19.4. The second kappa shape index (κ2) is 7.56. The van der Waals surface area contributed by atoms with Gasteiger partial charge in [-0.15, -0.1) is 0 Å². The third-order valence-corrected chi connectivity index (χ3v) is 4.99. The number of carbonyl (C=O) groups excluding carboxylic acids is 1. The first-order chi connectivity index (χ1) is 15.1. The van der Waals surface area contributed by atoms with E-state index in [1.807, 2.05) is 0 Å². The molecule has 0 atom stereocenters. The molecule has 1 amide bonds. The Labute approximate surface area is 179 Å². The van der Waals surface area contributed by atoms with E-state index < -0.39 is 22.6 Å². The lowest BCUT2D eigenvalue weighted by molar-refractivity contribution is -0.137. The van der Waals surface area contributed by atoms with E-state index in [9.17, 15) is 27.6 Å². The minimum absolute atomic E-state index is 0.0138. The fourth-order valence-corrected chi connectivity index (χ4v) is 3.27. The molecular weight excluding hydrogens is 425 g/mol. The Morgan fingerprint density at radius 1 is 0.938 bits per heavy atom. The average molecular weight is 442 g/mol. The summed E-state index contributed by atoms with van der Waals surface area (Å²) in [6.07, 6.45) is -2.89. The van der Waals surface area contributed by atoms with E-state index in [1.165, 1.54) is 17.0 Å². The van der Waals surface area contributed by atoms with Gasteiger partial charge in [0.1, 0.15) is 11.4 Å². The summed E-state index contributed by atoms with van der Waals surface area (Å²) in [5.74, 6) is -0.196. The largest absolute Gasteiger partial charge is 0.416 e. The summed E-state index contributed by atoms with van der Waals surface area (Å²) < 4.78 is 38.2. The molecule has 0 saturated heterocycles. The molecule has 164 valence electrons. The number of nitrogens with one attached hydrogen (secondary N) is 3. The molecule has 4 aromatic rings. The second-order valence-corrected chi connectivity index (χ2v) is 7.40. The first kappa shape index (κ1) is 21.2. The second-order valence-electron chi connectivity index (χ2n) is 7.40. The van der Waals surface area contributed by atoms with Crippen molar-refractivity contribution < 1.29 is 18.0 Å². The van der Waals surface area contributed by atoms with Crippen molar-refractivity contribution in [1.82, 2.24) is 9.88 Å². The summed E-state index contributed by atoms with van der Waals surface area (Å²) in [4.78, 5) is 40.9. The smallest absolute Gasteiger partial charge is 0.359 e. The normalized spacial score (nSPS) is 11.7. The van der Waals surface area contributed by atoms with E-state index in [2.05, 4.69) is 15.6 Å². The number of halogens is 3. The van der Waals surface area contributed by atoms with E-state index >= 15 is 0 Å². The first-order valence-electron chi connectivity index (χ1n) is 9.43. The Hall–Kier alpha value is -4.08. The van der Waals surface area contributed by atoms with Crippen LogP contribution in [0.25, 0.3) is 10.9 Å². The topological polar surface area (TPSA) is 94.3 Å². The summed E-state index contributed by atoms with van der Waals surface area (Å²) in [5, 5.41) is 6.23. The Balaban J connectivity index is 1.63. The number of amides is 1. The highest BCUT2D eigenvalue weighted by Gasteiger charge is 2.30. The van der Waals surface area contributed by atoms with Gasteiger partial charge >= 0.3 is 6.18 Å². The summed E-state index contributed by atoms with van der Waals surface area (Å²) >= 11 is 0. The van der Waals surface area contributed by atoms with Crippen molar-refractivity contribution in [2.75, 3.05) is 24.7 Å². The number of fused-ring (bicyclic) bond motifs is 1. The summed E-state index contributed by atoms with van der Waals surface area (Å²) in [7, 11) is 3.26. The van der Waals surface area contributed by atoms with Gasteiger partial charge in [0.15, 0.2) is 0 Å². The van der Waals surface area contributed by atoms with Gasteiger partial charge in [0, 0.05) is 42.4 Å². The van der Waals surface area contributed by atoms with Crippen LogP contribution in [0.2, 0.25) is 0 Å². The molecule has 0 saturated carbocycles. The quantitative estimate of drug-likeness (QED) is 0.407. The maximum Gasteiger partial charge on any atom is 0.416 e. The van der Waals surface area contributed by atoms with Gasteiger partial charge < -0.3 is 20.5 Å². The average Bonchev–Trinajstić information content (AvgIpc) is 3.17. The summed E-state index contributed by atoms with van der Waals surface area (Å²) in [6.45, 7) is 0. The number of hydrogen-bond donors (Lipinski definition) is 3. The van der Waals surface area contributed by atoms with Crippen LogP contribution in [-0.2, 0) is 6.18 Å². The third kappa shape index (κ3) is 3.70. The van der Waals surface area contributed by atoms with Crippen LogP contribution in [0.3, 0.4) is 0 Å². The Kier molecular flexibility index (Phi) is 5.00. The number of rotatable bonds is 5. The Morgan fingerprint density at radius 2 is 1.56 bits per heavy atom.